The average Bonchev–Trinajstić information content (AvgIpc) is 3.23. The van der Waals surface area contributed by atoms with Crippen LogP contribution in [-0.4, -0.2) is 28.8 Å². The number of nitrogens with zero attached hydrogens (tertiary/aromatic N) is 1. The lowest BCUT2D eigenvalue weighted by Crippen LogP contribution is -2.60. The van der Waals surface area contributed by atoms with E-state index >= 15 is 0 Å². The predicted octanol–water partition coefficient (Wildman–Crippen LogP) is 4.66. The van der Waals surface area contributed by atoms with Crippen LogP contribution in [0.1, 0.15) is 72.9 Å². The molecule has 1 unspecified atom stereocenters. The molecule has 1 saturated carbocycles. The number of hydrogen-bond donors (Lipinski definition) is 1. The first-order chi connectivity index (χ1) is 14.2. The van der Waals surface area contributed by atoms with Gasteiger partial charge in [-0.2, -0.15) is 0 Å². The first-order valence-electron chi connectivity index (χ1n) is 10.9. The van der Waals surface area contributed by atoms with E-state index in [-0.39, 0.29) is 23.3 Å². The van der Waals surface area contributed by atoms with Crippen LogP contribution in [0.4, 0.5) is 0 Å². The molecule has 2 aromatic carbocycles. The van der Waals surface area contributed by atoms with Crippen LogP contribution < -0.4 is 5.32 Å². The summed E-state index contributed by atoms with van der Waals surface area (Å²) < 4.78 is 0. The Bertz CT molecular complexity index is 871. The molecule has 1 N–H and O–H groups in total. The first kappa shape index (κ1) is 19.7. The number of carbonyl (C=O) groups is 2. The van der Waals surface area contributed by atoms with E-state index in [2.05, 4.69) is 17.1 Å². The number of amides is 2. The van der Waals surface area contributed by atoms with Crippen molar-refractivity contribution in [2.24, 2.45) is 0 Å². The third-order valence-electron chi connectivity index (χ3n) is 6.60. The topological polar surface area (TPSA) is 49.4 Å². The van der Waals surface area contributed by atoms with Gasteiger partial charge in [0.25, 0.3) is 5.91 Å². The van der Waals surface area contributed by atoms with Crippen LogP contribution in [0.15, 0.2) is 54.6 Å². The maximum atomic E-state index is 13.6. The highest BCUT2D eigenvalue weighted by Crippen LogP contribution is 2.50. The fourth-order valence-corrected chi connectivity index (χ4v) is 5.20. The van der Waals surface area contributed by atoms with Gasteiger partial charge in [-0.3, -0.25) is 9.59 Å². The van der Waals surface area contributed by atoms with Gasteiger partial charge in [0, 0.05) is 18.7 Å². The summed E-state index contributed by atoms with van der Waals surface area (Å²) in [6.07, 6.45) is 5.95. The Morgan fingerprint density at radius 2 is 1.76 bits per heavy atom. The third-order valence-corrected chi connectivity index (χ3v) is 6.60. The Morgan fingerprint density at radius 1 is 1.07 bits per heavy atom. The molecule has 2 aliphatic rings. The van der Waals surface area contributed by atoms with Gasteiger partial charge in [-0.05, 0) is 36.5 Å². The van der Waals surface area contributed by atoms with E-state index in [9.17, 15) is 9.59 Å². The van der Waals surface area contributed by atoms with Gasteiger partial charge in [0.2, 0.25) is 5.91 Å². The monoisotopic (exact) mass is 390 g/mol. The highest BCUT2D eigenvalue weighted by atomic mass is 16.2. The molecule has 1 aliphatic heterocycles. The molecule has 0 saturated heterocycles. The molecule has 152 valence electrons. The van der Waals surface area contributed by atoms with E-state index < -0.39 is 0 Å². The van der Waals surface area contributed by atoms with Crippen LogP contribution in [0.25, 0.3) is 0 Å². The largest absolute Gasteiger partial charge is 0.351 e. The van der Waals surface area contributed by atoms with Crippen molar-refractivity contribution in [3.05, 3.63) is 71.3 Å². The molecule has 0 radical (unpaired) electrons. The van der Waals surface area contributed by atoms with Crippen LogP contribution in [0.2, 0.25) is 0 Å². The van der Waals surface area contributed by atoms with E-state index in [4.69, 9.17) is 0 Å². The first-order valence-corrected chi connectivity index (χ1v) is 10.9. The van der Waals surface area contributed by atoms with Gasteiger partial charge < -0.3 is 10.2 Å². The number of rotatable bonds is 6. The van der Waals surface area contributed by atoms with E-state index in [1.165, 1.54) is 0 Å². The number of fused-ring (bicyclic) bond motifs is 1. The Hall–Kier alpha value is -2.62. The number of nitrogens with one attached hydrogen (secondary N) is 1. The van der Waals surface area contributed by atoms with Crippen molar-refractivity contribution in [1.82, 2.24) is 10.2 Å². The SMILES string of the molecule is CCCCN1C(=O)c2ccccc2C(C(=O)NCc2ccccc2)C12CCCC2. The van der Waals surface area contributed by atoms with Gasteiger partial charge in [-0.15, -0.1) is 0 Å². The molecule has 4 rings (SSSR count). The third kappa shape index (κ3) is 3.57. The van der Waals surface area contributed by atoms with Gasteiger partial charge in [-0.1, -0.05) is 74.7 Å². The van der Waals surface area contributed by atoms with Crippen LogP contribution in [-0.2, 0) is 11.3 Å². The molecular formula is C25H30N2O2. The fraction of sp³-hybridized carbons (Fsp3) is 0.440. The van der Waals surface area contributed by atoms with Crippen molar-refractivity contribution in [2.75, 3.05) is 6.54 Å². The lowest BCUT2D eigenvalue weighted by Gasteiger charge is -2.50. The zero-order chi connectivity index (χ0) is 20.3. The number of benzene rings is 2. The Kier molecular flexibility index (Phi) is 5.70. The molecule has 1 fully saturated rings. The summed E-state index contributed by atoms with van der Waals surface area (Å²) in [5.74, 6) is -0.167. The van der Waals surface area contributed by atoms with Gasteiger partial charge in [0.05, 0.1) is 11.5 Å². The van der Waals surface area contributed by atoms with Crippen molar-refractivity contribution in [1.29, 1.82) is 0 Å². The minimum Gasteiger partial charge on any atom is -0.351 e. The molecule has 1 spiro atoms. The minimum atomic E-state index is -0.388. The predicted molar refractivity (Wildman–Crippen MR) is 115 cm³/mol. The summed E-state index contributed by atoms with van der Waals surface area (Å²) >= 11 is 0. The van der Waals surface area contributed by atoms with E-state index in [0.717, 1.165) is 56.2 Å². The molecule has 0 aromatic heterocycles. The van der Waals surface area contributed by atoms with E-state index in [0.29, 0.717) is 12.1 Å². The van der Waals surface area contributed by atoms with Crippen molar-refractivity contribution >= 4 is 11.8 Å². The fourth-order valence-electron chi connectivity index (χ4n) is 5.20. The summed E-state index contributed by atoms with van der Waals surface area (Å²) in [5, 5.41) is 3.18. The molecule has 4 nitrogen and oxygen atoms in total. The standard InChI is InChI=1S/C25H30N2O2/c1-2-3-17-27-24(29)21-14-8-7-13-20(21)22(25(27)15-9-10-16-25)23(28)26-18-19-11-5-4-6-12-19/h4-8,11-14,22H,2-3,9-10,15-18H2,1H3,(H,26,28). The quantitative estimate of drug-likeness (QED) is 0.780. The zero-order valence-corrected chi connectivity index (χ0v) is 17.2. The molecule has 2 aromatic rings. The normalized spacial score (nSPS) is 20.0. The van der Waals surface area contributed by atoms with Crippen LogP contribution in [0.5, 0.6) is 0 Å². The van der Waals surface area contributed by atoms with Gasteiger partial charge in [-0.25, -0.2) is 0 Å². The molecule has 1 aliphatic carbocycles. The van der Waals surface area contributed by atoms with Gasteiger partial charge in [0.15, 0.2) is 0 Å². The summed E-state index contributed by atoms with van der Waals surface area (Å²) in [6, 6.07) is 17.7. The molecule has 2 amide bonds. The van der Waals surface area contributed by atoms with Crippen LogP contribution in [0, 0.1) is 0 Å². The Balaban J connectivity index is 1.71. The summed E-state index contributed by atoms with van der Waals surface area (Å²) in [6.45, 7) is 3.39. The summed E-state index contributed by atoms with van der Waals surface area (Å²) in [5.41, 5.74) is 2.30. The number of unbranched alkanes of at least 4 members (excludes halogenated alkanes) is 1. The second kappa shape index (κ2) is 8.40. The zero-order valence-electron chi connectivity index (χ0n) is 17.2. The van der Waals surface area contributed by atoms with Crippen molar-refractivity contribution in [2.45, 2.75) is 63.5 Å². The number of carbonyl (C=O) groups excluding carboxylic acids is 2. The molecule has 1 heterocycles. The maximum Gasteiger partial charge on any atom is 0.254 e. The van der Waals surface area contributed by atoms with Crippen molar-refractivity contribution in [3.63, 3.8) is 0 Å². The highest BCUT2D eigenvalue weighted by molar-refractivity contribution is 6.02. The van der Waals surface area contributed by atoms with Crippen molar-refractivity contribution < 1.29 is 9.59 Å². The Morgan fingerprint density at radius 3 is 2.48 bits per heavy atom. The molecule has 29 heavy (non-hydrogen) atoms. The second-order valence-corrected chi connectivity index (χ2v) is 8.34. The lowest BCUT2D eigenvalue weighted by molar-refractivity contribution is -0.126. The summed E-state index contributed by atoms with van der Waals surface area (Å²) in [4.78, 5) is 29.1. The molecular weight excluding hydrogens is 360 g/mol. The second-order valence-electron chi connectivity index (χ2n) is 8.34. The Labute approximate surface area is 173 Å². The minimum absolute atomic E-state index is 0.0391. The van der Waals surface area contributed by atoms with Crippen LogP contribution in [0.3, 0.4) is 0 Å². The summed E-state index contributed by atoms with van der Waals surface area (Å²) in [7, 11) is 0. The molecule has 1 atom stereocenters. The van der Waals surface area contributed by atoms with Gasteiger partial charge in [0.1, 0.15) is 0 Å². The smallest absolute Gasteiger partial charge is 0.254 e. The van der Waals surface area contributed by atoms with Crippen LogP contribution >= 0.6 is 0 Å². The maximum absolute atomic E-state index is 13.6. The van der Waals surface area contributed by atoms with Crippen molar-refractivity contribution in [3.8, 4) is 0 Å². The van der Waals surface area contributed by atoms with Gasteiger partial charge >= 0.3 is 0 Å². The number of hydrogen-bond acceptors (Lipinski definition) is 2. The van der Waals surface area contributed by atoms with E-state index in [1.54, 1.807) is 0 Å². The van der Waals surface area contributed by atoms with E-state index in [1.807, 2.05) is 54.6 Å². The average molecular weight is 391 g/mol. The molecule has 4 heteroatoms. The highest BCUT2D eigenvalue weighted by Gasteiger charge is 2.55. The lowest BCUT2D eigenvalue weighted by atomic mass is 9.71. The molecule has 0 bridgehead atoms.